The zero-order valence-electron chi connectivity index (χ0n) is 10.4. The van der Waals surface area contributed by atoms with Gasteiger partial charge in [0.1, 0.15) is 0 Å². The maximum absolute atomic E-state index is 12.1. The molecule has 2 heterocycles. The molecule has 2 aliphatic heterocycles. The summed E-state index contributed by atoms with van der Waals surface area (Å²) in [4.78, 5) is 15.1. The lowest BCUT2D eigenvalue weighted by molar-refractivity contribution is -0.253. The maximum atomic E-state index is 12.1. The lowest BCUT2D eigenvalue weighted by atomic mass is 10.0. The Bertz CT molecular complexity index is 319. The quantitative estimate of drug-likeness (QED) is 0.826. The number of ether oxygens (including phenoxy) is 1. The first-order valence-electron chi connectivity index (χ1n) is 6.31. The second kappa shape index (κ2) is 6.06. The van der Waals surface area contributed by atoms with Crippen molar-refractivity contribution in [1.82, 2.24) is 10.4 Å². The van der Waals surface area contributed by atoms with Crippen LogP contribution in [0.1, 0.15) is 12.8 Å². The van der Waals surface area contributed by atoms with Crippen molar-refractivity contribution in [1.29, 1.82) is 0 Å². The van der Waals surface area contributed by atoms with Gasteiger partial charge >= 0.3 is 12.1 Å². The second-order valence-electron chi connectivity index (χ2n) is 4.85. The van der Waals surface area contributed by atoms with Crippen LogP contribution in [0.4, 0.5) is 13.2 Å². The van der Waals surface area contributed by atoms with E-state index in [1.165, 1.54) is 0 Å². The first kappa shape index (κ1) is 14.5. The van der Waals surface area contributed by atoms with E-state index < -0.39 is 12.1 Å². The molecule has 2 atom stereocenters. The number of hydrogen-bond donors (Lipinski definition) is 1. The van der Waals surface area contributed by atoms with E-state index in [1.807, 2.05) is 0 Å². The Morgan fingerprint density at radius 3 is 2.89 bits per heavy atom. The number of rotatable bonds is 3. The van der Waals surface area contributed by atoms with Crippen LogP contribution in [-0.4, -0.2) is 56.1 Å². The van der Waals surface area contributed by atoms with Crippen molar-refractivity contribution in [2.45, 2.75) is 25.1 Å². The molecule has 0 aromatic rings. The highest BCUT2D eigenvalue weighted by Gasteiger charge is 2.43. The van der Waals surface area contributed by atoms with Crippen molar-refractivity contribution in [3.8, 4) is 0 Å². The summed E-state index contributed by atoms with van der Waals surface area (Å²) in [5, 5.41) is 4.27. The molecule has 0 radical (unpaired) electrons. The van der Waals surface area contributed by atoms with E-state index in [0.717, 1.165) is 31.0 Å². The van der Waals surface area contributed by atoms with Gasteiger partial charge in [-0.3, -0.25) is 0 Å². The van der Waals surface area contributed by atoms with Crippen LogP contribution in [-0.2, 0) is 14.4 Å². The number of morpholine rings is 1. The molecule has 0 amide bonds. The third-order valence-corrected chi connectivity index (χ3v) is 3.30. The third kappa shape index (κ3) is 4.32. The predicted molar refractivity (Wildman–Crippen MR) is 59.1 cm³/mol. The fourth-order valence-electron chi connectivity index (χ4n) is 2.37. The molecular formula is C11H17F3N2O3. The van der Waals surface area contributed by atoms with Gasteiger partial charge in [-0.1, -0.05) is 0 Å². The first-order chi connectivity index (χ1) is 8.95. The highest BCUT2D eigenvalue weighted by atomic mass is 19.4. The summed E-state index contributed by atoms with van der Waals surface area (Å²) >= 11 is 0. The monoisotopic (exact) mass is 282 g/mol. The van der Waals surface area contributed by atoms with Crippen LogP contribution in [0.5, 0.6) is 0 Å². The van der Waals surface area contributed by atoms with E-state index in [9.17, 15) is 18.0 Å². The Morgan fingerprint density at radius 2 is 2.26 bits per heavy atom. The van der Waals surface area contributed by atoms with Gasteiger partial charge in [0.25, 0.3) is 0 Å². The SMILES string of the molecule is O=C(ON1CCO[C@H](C[C@H]2CCNC2)C1)C(F)(F)F. The molecule has 5 nitrogen and oxygen atoms in total. The van der Waals surface area contributed by atoms with Crippen LogP contribution >= 0.6 is 0 Å². The average Bonchev–Trinajstić information content (AvgIpc) is 2.81. The second-order valence-corrected chi connectivity index (χ2v) is 4.85. The molecule has 1 N–H and O–H groups in total. The molecule has 0 bridgehead atoms. The van der Waals surface area contributed by atoms with Gasteiger partial charge in [-0.05, 0) is 31.8 Å². The van der Waals surface area contributed by atoms with Crippen molar-refractivity contribution < 1.29 is 27.5 Å². The fourth-order valence-corrected chi connectivity index (χ4v) is 2.37. The Balaban J connectivity index is 1.78. The number of carbonyl (C=O) groups excluding carboxylic acids is 1. The van der Waals surface area contributed by atoms with E-state index in [1.54, 1.807) is 0 Å². The topological polar surface area (TPSA) is 50.8 Å². The number of carbonyl (C=O) groups is 1. The minimum atomic E-state index is -4.96. The molecule has 2 fully saturated rings. The van der Waals surface area contributed by atoms with E-state index in [4.69, 9.17) is 4.74 Å². The molecule has 0 aromatic carbocycles. The van der Waals surface area contributed by atoms with Crippen LogP contribution in [0.25, 0.3) is 0 Å². The van der Waals surface area contributed by atoms with Crippen LogP contribution in [0.15, 0.2) is 0 Å². The zero-order valence-corrected chi connectivity index (χ0v) is 10.4. The smallest absolute Gasteiger partial charge is 0.375 e. The lowest BCUT2D eigenvalue weighted by Gasteiger charge is -2.32. The first-order valence-corrected chi connectivity index (χ1v) is 6.31. The fraction of sp³-hybridized carbons (Fsp3) is 0.909. The molecule has 0 aliphatic carbocycles. The molecule has 2 rings (SSSR count). The summed E-state index contributed by atoms with van der Waals surface area (Å²) < 4.78 is 41.8. The zero-order chi connectivity index (χ0) is 13.9. The highest BCUT2D eigenvalue weighted by molar-refractivity contribution is 5.75. The minimum absolute atomic E-state index is 0.168. The Labute approximate surface area is 109 Å². The van der Waals surface area contributed by atoms with Gasteiger partial charge in [0.15, 0.2) is 0 Å². The summed E-state index contributed by atoms with van der Waals surface area (Å²) in [6, 6.07) is 0. The van der Waals surface area contributed by atoms with Crippen molar-refractivity contribution >= 4 is 5.97 Å². The van der Waals surface area contributed by atoms with Gasteiger partial charge in [-0.15, -0.1) is 5.06 Å². The molecule has 2 saturated heterocycles. The van der Waals surface area contributed by atoms with E-state index in [2.05, 4.69) is 10.2 Å². The molecule has 2 aliphatic rings. The number of hydroxylamine groups is 2. The van der Waals surface area contributed by atoms with Gasteiger partial charge in [0.05, 0.1) is 25.8 Å². The highest BCUT2D eigenvalue weighted by Crippen LogP contribution is 2.21. The summed E-state index contributed by atoms with van der Waals surface area (Å²) in [6.45, 7) is 2.50. The van der Waals surface area contributed by atoms with Crippen molar-refractivity contribution in [3.63, 3.8) is 0 Å². The van der Waals surface area contributed by atoms with E-state index in [-0.39, 0.29) is 25.8 Å². The van der Waals surface area contributed by atoms with Gasteiger partial charge in [-0.25, -0.2) is 4.79 Å². The van der Waals surface area contributed by atoms with E-state index >= 15 is 0 Å². The Morgan fingerprint density at radius 1 is 1.47 bits per heavy atom. The summed E-state index contributed by atoms with van der Waals surface area (Å²) in [5.74, 6) is -1.70. The largest absolute Gasteiger partial charge is 0.492 e. The number of halogens is 3. The van der Waals surface area contributed by atoms with Crippen LogP contribution < -0.4 is 5.32 Å². The third-order valence-electron chi connectivity index (χ3n) is 3.30. The average molecular weight is 282 g/mol. The minimum Gasteiger partial charge on any atom is -0.375 e. The molecular weight excluding hydrogens is 265 g/mol. The molecule has 110 valence electrons. The maximum Gasteiger partial charge on any atom is 0.492 e. The Hall–Kier alpha value is -0.860. The van der Waals surface area contributed by atoms with Gasteiger partial charge in [0, 0.05) is 0 Å². The summed E-state index contributed by atoms with van der Waals surface area (Å²) in [6.07, 6.45) is -3.32. The standard InChI is InChI=1S/C11H17F3N2O3/c12-11(13,14)10(17)19-16-3-4-18-9(7-16)5-8-1-2-15-6-8/h8-9,15H,1-7H2/t8-,9-/m1/s1. The normalized spacial score (nSPS) is 29.4. The van der Waals surface area contributed by atoms with Gasteiger partial charge in [-0.2, -0.15) is 13.2 Å². The van der Waals surface area contributed by atoms with Gasteiger partial charge < -0.3 is 14.9 Å². The molecule has 0 saturated carbocycles. The van der Waals surface area contributed by atoms with Crippen molar-refractivity contribution in [3.05, 3.63) is 0 Å². The van der Waals surface area contributed by atoms with Crippen molar-refractivity contribution in [2.24, 2.45) is 5.92 Å². The summed E-state index contributed by atoms with van der Waals surface area (Å²) in [7, 11) is 0. The number of alkyl halides is 3. The van der Waals surface area contributed by atoms with Gasteiger partial charge in [0.2, 0.25) is 0 Å². The lowest BCUT2D eigenvalue weighted by Crippen LogP contribution is -2.46. The van der Waals surface area contributed by atoms with E-state index in [0.29, 0.717) is 5.92 Å². The Kier molecular flexibility index (Phi) is 4.64. The predicted octanol–water partition coefficient (Wildman–Crippen LogP) is 0.707. The summed E-state index contributed by atoms with van der Waals surface area (Å²) in [5.41, 5.74) is 0. The molecule has 0 aromatic heterocycles. The number of hydrogen-bond acceptors (Lipinski definition) is 5. The molecule has 8 heteroatoms. The number of nitrogens with zero attached hydrogens (tertiary/aromatic N) is 1. The molecule has 0 spiro atoms. The van der Waals surface area contributed by atoms with Crippen LogP contribution in [0, 0.1) is 5.92 Å². The molecule has 0 unspecified atom stereocenters. The van der Waals surface area contributed by atoms with Crippen molar-refractivity contribution in [2.75, 3.05) is 32.8 Å². The van der Waals surface area contributed by atoms with Crippen LogP contribution in [0.3, 0.4) is 0 Å². The van der Waals surface area contributed by atoms with Crippen LogP contribution in [0.2, 0.25) is 0 Å². The molecule has 19 heavy (non-hydrogen) atoms. The number of nitrogens with one attached hydrogen (secondary N) is 1.